The highest BCUT2D eigenvalue weighted by Crippen LogP contribution is 2.25. The van der Waals surface area contributed by atoms with E-state index in [4.69, 9.17) is 4.74 Å². The first kappa shape index (κ1) is 16.3. The average molecular weight is 348 g/mol. The fourth-order valence-electron chi connectivity index (χ4n) is 3.09. The molecular formula is C20H20N4O2. The van der Waals surface area contributed by atoms with Gasteiger partial charge in [0.2, 0.25) is 0 Å². The van der Waals surface area contributed by atoms with Gasteiger partial charge >= 0.3 is 0 Å². The first-order valence-electron chi connectivity index (χ1n) is 8.80. The summed E-state index contributed by atoms with van der Waals surface area (Å²) in [6, 6.07) is 11.0. The van der Waals surface area contributed by atoms with Crippen LogP contribution in [0.2, 0.25) is 0 Å². The summed E-state index contributed by atoms with van der Waals surface area (Å²) >= 11 is 0. The number of pyridine rings is 1. The van der Waals surface area contributed by atoms with Gasteiger partial charge in [-0.05, 0) is 62.1 Å². The van der Waals surface area contributed by atoms with Gasteiger partial charge in [-0.3, -0.25) is 9.36 Å². The second-order valence-electron chi connectivity index (χ2n) is 6.38. The van der Waals surface area contributed by atoms with Crippen LogP contribution in [0.3, 0.4) is 0 Å². The van der Waals surface area contributed by atoms with E-state index in [1.165, 1.54) is 12.8 Å². The van der Waals surface area contributed by atoms with Crippen molar-refractivity contribution in [3.8, 4) is 11.6 Å². The van der Waals surface area contributed by atoms with E-state index in [1.54, 1.807) is 41.6 Å². The lowest BCUT2D eigenvalue weighted by Crippen LogP contribution is -2.13. The first-order valence-corrected chi connectivity index (χ1v) is 8.80. The van der Waals surface area contributed by atoms with Crippen molar-refractivity contribution in [2.24, 2.45) is 0 Å². The lowest BCUT2D eigenvalue weighted by molar-refractivity contribution is 0.102. The second-order valence-corrected chi connectivity index (χ2v) is 6.38. The van der Waals surface area contributed by atoms with Crippen molar-refractivity contribution in [1.82, 2.24) is 14.5 Å². The summed E-state index contributed by atoms with van der Waals surface area (Å²) in [4.78, 5) is 20.7. The summed E-state index contributed by atoms with van der Waals surface area (Å²) in [5, 5.41) is 2.88. The van der Waals surface area contributed by atoms with Gasteiger partial charge in [-0.15, -0.1) is 0 Å². The van der Waals surface area contributed by atoms with E-state index in [-0.39, 0.29) is 5.91 Å². The van der Waals surface area contributed by atoms with Crippen LogP contribution in [0.5, 0.6) is 5.75 Å². The maximum Gasteiger partial charge on any atom is 0.257 e. The number of ether oxygens (including phenoxy) is 1. The molecule has 2 heterocycles. The highest BCUT2D eigenvalue weighted by Gasteiger charge is 2.16. The molecule has 6 nitrogen and oxygen atoms in total. The average Bonchev–Trinajstić information content (AvgIpc) is 3.37. The van der Waals surface area contributed by atoms with Gasteiger partial charge in [-0.2, -0.15) is 0 Å². The maximum absolute atomic E-state index is 12.4. The van der Waals surface area contributed by atoms with Crippen molar-refractivity contribution in [3.63, 3.8) is 0 Å². The third kappa shape index (κ3) is 3.74. The van der Waals surface area contributed by atoms with Gasteiger partial charge in [-0.1, -0.05) is 0 Å². The number of carbonyl (C=O) groups is 1. The Hall–Kier alpha value is -3.15. The molecule has 0 aliphatic heterocycles. The number of hydrogen-bond donors (Lipinski definition) is 1. The second kappa shape index (κ2) is 7.39. The smallest absolute Gasteiger partial charge is 0.257 e. The summed E-state index contributed by atoms with van der Waals surface area (Å²) in [5.74, 6) is 1.37. The quantitative estimate of drug-likeness (QED) is 0.760. The number of amides is 1. The molecule has 1 saturated carbocycles. The summed E-state index contributed by atoms with van der Waals surface area (Å²) < 4.78 is 7.72. The number of nitrogens with one attached hydrogen (secondary N) is 1. The van der Waals surface area contributed by atoms with Crippen molar-refractivity contribution in [2.45, 2.75) is 31.8 Å². The molecule has 4 rings (SSSR count). The van der Waals surface area contributed by atoms with Crippen molar-refractivity contribution in [2.75, 3.05) is 5.32 Å². The zero-order chi connectivity index (χ0) is 17.8. The van der Waals surface area contributed by atoms with Gasteiger partial charge < -0.3 is 10.1 Å². The van der Waals surface area contributed by atoms with Crippen molar-refractivity contribution >= 4 is 11.6 Å². The van der Waals surface area contributed by atoms with Crippen LogP contribution in [0.25, 0.3) is 5.82 Å². The highest BCUT2D eigenvalue weighted by molar-refractivity contribution is 6.04. The van der Waals surface area contributed by atoms with Gasteiger partial charge in [-0.25, -0.2) is 9.97 Å². The Morgan fingerprint density at radius 1 is 1.12 bits per heavy atom. The number of anilines is 1. The van der Waals surface area contributed by atoms with Crippen molar-refractivity contribution < 1.29 is 9.53 Å². The normalized spacial score (nSPS) is 14.3. The first-order chi connectivity index (χ1) is 12.8. The Morgan fingerprint density at radius 2 is 1.92 bits per heavy atom. The van der Waals surface area contributed by atoms with E-state index in [9.17, 15) is 4.79 Å². The van der Waals surface area contributed by atoms with Crippen molar-refractivity contribution in [3.05, 3.63) is 66.9 Å². The number of aromatic nitrogens is 3. The number of nitrogens with zero attached hydrogens (tertiary/aromatic N) is 3. The number of carbonyl (C=O) groups excluding carboxylic acids is 1. The molecule has 1 aliphatic rings. The minimum atomic E-state index is -0.195. The lowest BCUT2D eigenvalue weighted by atomic mass is 10.2. The molecule has 26 heavy (non-hydrogen) atoms. The fraction of sp³-hybridized carbons (Fsp3) is 0.250. The van der Waals surface area contributed by atoms with E-state index >= 15 is 0 Å². The zero-order valence-corrected chi connectivity index (χ0v) is 14.3. The zero-order valence-electron chi connectivity index (χ0n) is 14.3. The molecule has 0 saturated heterocycles. The SMILES string of the molecule is O=C(Nc1ccc(OC2CCCC2)cc1)c1ccc(-n2ccnc2)nc1. The van der Waals surface area contributed by atoms with Crippen LogP contribution in [0.4, 0.5) is 5.69 Å². The van der Waals surface area contributed by atoms with E-state index in [2.05, 4.69) is 15.3 Å². The summed E-state index contributed by atoms with van der Waals surface area (Å²) in [5.41, 5.74) is 1.23. The largest absolute Gasteiger partial charge is 0.490 e. The summed E-state index contributed by atoms with van der Waals surface area (Å²) in [7, 11) is 0. The van der Waals surface area contributed by atoms with Crippen LogP contribution in [-0.2, 0) is 0 Å². The predicted octanol–water partition coefficient (Wildman–Crippen LogP) is 3.84. The highest BCUT2D eigenvalue weighted by atomic mass is 16.5. The summed E-state index contributed by atoms with van der Waals surface area (Å²) in [6.45, 7) is 0. The topological polar surface area (TPSA) is 69.0 Å². The molecule has 1 fully saturated rings. The molecular weight excluding hydrogens is 328 g/mol. The number of rotatable bonds is 5. The molecule has 0 radical (unpaired) electrons. The standard InChI is InChI=1S/C20H20N4O2/c25-20(15-5-10-19(22-13-15)24-12-11-21-14-24)23-16-6-8-18(9-7-16)26-17-3-1-2-4-17/h5-14,17H,1-4H2,(H,23,25). The monoisotopic (exact) mass is 348 g/mol. The Balaban J connectivity index is 1.38. The Bertz CT molecular complexity index is 852. The molecule has 1 N–H and O–H groups in total. The van der Waals surface area contributed by atoms with E-state index < -0.39 is 0 Å². The fourth-order valence-corrected chi connectivity index (χ4v) is 3.09. The van der Waals surface area contributed by atoms with Gasteiger partial charge in [0.1, 0.15) is 17.9 Å². The van der Waals surface area contributed by atoms with E-state index in [1.807, 2.05) is 24.3 Å². The predicted molar refractivity (Wildman–Crippen MR) is 98.6 cm³/mol. The number of hydrogen-bond acceptors (Lipinski definition) is 4. The number of imidazole rings is 1. The van der Waals surface area contributed by atoms with Gasteiger partial charge in [0.05, 0.1) is 11.7 Å². The van der Waals surface area contributed by atoms with Crippen LogP contribution < -0.4 is 10.1 Å². The molecule has 1 aliphatic carbocycles. The minimum absolute atomic E-state index is 0.195. The molecule has 1 amide bonds. The van der Waals surface area contributed by atoms with Crippen LogP contribution in [0, 0.1) is 0 Å². The third-order valence-corrected chi connectivity index (χ3v) is 4.50. The lowest BCUT2D eigenvalue weighted by Gasteiger charge is -2.13. The Labute approximate surface area is 151 Å². The molecule has 6 heteroatoms. The molecule has 132 valence electrons. The minimum Gasteiger partial charge on any atom is -0.490 e. The molecule has 3 aromatic rings. The van der Waals surface area contributed by atoms with Gasteiger partial charge in [0.15, 0.2) is 0 Å². The summed E-state index contributed by atoms with van der Waals surface area (Å²) in [6.07, 6.45) is 11.8. The molecule has 0 bridgehead atoms. The molecule has 0 unspecified atom stereocenters. The van der Waals surface area contributed by atoms with Gasteiger partial charge in [0.25, 0.3) is 5.91 Å². The Kier molecular flexibility index (Phi) is 4.64. The van der Waals surface area contributed by atoms with Crippen LogP contribution >= 0.6 is 0 Å². The molecule has 2 aromatic heterocycles. The van der Waals surface area contributed by atoms with Crippen molar-refractivity contribution in [1.29, 1.82) is 0 Å². The number of benzene rings is 1. The Morgan fingerprint density at radius 3 is 2.58 bits per heavy atom. The molecule has 0 atom stereocenters. The van der Waals surface area contributed by atoms with Gasteiger partial charge in [0, 0.05) is 24.3 Å². The van der Waals surface area contributed by atoms with E-state index in [0.29, 0.717) is 17.5 Å². The molecule has 0 spiro atoms. The maximum atomic E-state index is 12.4. The molecule has 1 aromatic carbocycles. The van der Waals surface area contributed by atoms with Crippen LogP contribution in [-0.4, -0.2) is 26.5 Å². The third-order valence-electron chi connectivity index (χ3n) is 4.50. The van der Waals surface area contributed by atoms with E-state index in [0.717, 1.165) is 24.3 Å². The van der Waals surface area contributed by atoms with Crippen LogP contribution in [0.15, 0.2) is 61.3 Å². The van der Waals surface area contributed by atoms with Crippen LogP contribution in [0.1, 0.15) is 36.0 Å².